The van der Waals surface area contributed by atoms with Crippen LogP contribution in [-0.2, 0) is 35.7 Å². The molecule has 35 heavy (non-hydrogen) atoms. The van der Waals surface area contributed by atoms with Gasteiger partial charge in [0.2, 0.25) is 5.43 Å². The molecule has 190 valence electrons. The molecule has 3 rings (SSSR count). The maximum atomic E-state index is 13.1. The number of aromatic hydroxyl groups is 1. The van der Waals surface area contributed by atoms with E-state index < -0.39 is 56.8 Å². The van der Waals surface area contributed by atoms with Gasteiger partial charge >= 0.3 is 10.4 Å². The first-order valence-corrected chi connectivity index (χ1v) is 11.7. The first-order valence-electron chi connectivity index (χ1n) is 9.46. The van der Waals surface area contributed by atoms with Crippen molar-refractivity contribution in [2.24, 2.45) is 5.16 Å². The molecule has 1 saturated heterocycles. The first kappa shape index (κ1) is 25.9. The average molecular weight is 533 g/mol. The summed E-state index contributed by atoms with van der Waals surface area (Å²) >= 11 is 0.978. The maximum absolute atomic E-state index is 13.1. The summed E-state index contributed by atoms with van der Waals surface area (Å²) in [6.07, 6.45) is 0.741. The number of nitrogens with two attached hydrogens (primary N) is 1. The van der Waals surface area contributed by atoms with Gasteiger partial charge in [0.25, 0.3) is 11.8 Å². The normalized spacial score (nSPS) is 19.8. The van der Waals surface area contributed by atoms with Gasteiger partial charge in [-0.3, -0.25) is 18.9 Å². The summed E-state index contributed by atoms with van der Waals surface area (Å²) < 4.78 is 35.7. The Bertz CT molecular complexity index is 1380. The summed E-state index contributed by atoms with van der Waals surface area (Å²) in [4.78, 5) is 46.3. The molecule has 16 nitrogen and oxygen atoms in total. The summed E-state index contributed by atoms with van der Waals surface area (Å²) in [6, 6.07) is 0.881. The van der Waals surface area contributed by atoms with Crippen LogP contribution in [-0.4, -0.2) is 66.7 Å². The number of hydrogen-bond acceptors (Lipinski definition) is 13. The fourth-order valence-electron chi connectivity index (χ4n) is 3.01. The largest absolute Gasteiger partial charge is 0.503 e. The van der Waals surface area contributed by atoms with Gasteiger partial charge in [-0.25, -0.2) is 4.98 Å². The highest BCUT2D eigenvalue weighted by atomic mass is 32.3. The van der Waals surface area contributed by atoms with Crippen LogP contribution < -0.4 is 16.5 Å². The Morgan fingerprint density at radius 2 is 2.00 bits per heavy atom. The summed E-state index contributed by atoms with van der Waals surface area (Å²) in [7, 11) is -5.01. The molecule has 2 aromatic rings. The number of nitrogens with zero attached hydrogens (tertiary/aromatic N) is 4. The zero-order valence-electron chi connectivity index (χ0n) is 18.3. The smallest absolute Gasteiger partial charge is 0.418 e. The molecule has 0 aromatic carbocycles. The zero-order chi connectivity index (χ0) is 26.3. The highest BCUT2D eigenvalue weighted by Crippen LogP contribution is 2.41. The van der Waals surface area contributed by atoms with Crippen LogP contribution >= 0.6 is 11.3 Å². The van der Waals surface area contributed by atoms with Gasteiger partial charge in [0.1, 0.15) is 16.9 Å². The molecule has 1 atom stereocenters. The minimum Gasteiger partial charge on any atom is -0.503 e. The Kier molecular flexibility index (Phi) is 6.51. The van der Waals surface area contributed by atoms with E-state index in [1.807, 2.05) is 0 Å². The topological polar surface area (TPSA) is 236 Å². The lowest BCUT2D eigenvalue weighted by Crippen LogP contribution is -2.84. The molecule has 18 heteroatoms. The lowest BCUT2D eigenvalue weighted by Gasteiger charge is -2.57. The fraction of sp³-hybridized carbons (Fsp3) is 0.353. The van der Waals surface area contributed by atoms with E-state index in [-0.39, 0.29) is 16.5 Å². The van der Waals surface area contributed by atoms with Crippen LogP contribution in [0.4, 0.5) is 5.13 Å². The van der Waals surface area contributed by atoms with Crippen LogP contribution in [0.3, 0.4) is 0 Å². The van der Waals surface area contributed by atoms with E-state index in [4.69, 9.17) is 15.1 Å². The van der Waals surface area contributed by atoms with Crippen LogP contribution in [0.1, 0.15) is 32.2 Å². The van der Waals surface area contributed by atoms with Gasteiger partial charge in [-0.1, -0.05) is 5.16 Å². The number of oxime groups is 1. The van der Waals surface area contributed by atoms with Gasteiger partial charge in [0.15, 0.2) is 23.2 Å². The maximum Gasteiger partial charge on any atom is 0.418 e. The molecule has 3 heterocycles. The lowest BCUT2D eigenvalue weighted by molar-refractivity contribution is -0.236. The monoisotopic (exact) mass is 532 g/mol. The SMILES string of the molecule is CC1(C)N(OS(=O)(=O)O)C(=O)[C@@]1(C)NC(=O)/C(=N\OCc1cc(=O)c(O)cn1O)c1csc(N)n1. The second-order valence-corrected chi connectivity index (χ2v) is 9.78. The van der Waals surface area contributed by atoms with Crippen LogP contribution in [0, 0.1) is 0 Å². The summed E-state index contributed by atoms with van der Waals surface area (Å²) in [6.45, 7) is 3.53. The third-order valence-corrected chi connectivity index (χ3v) is 6.32. The van der Waals surface area contributed by atoms with Gasteiger partial charge < -0.3 is 26.2 Å². The van der Waals surface area contributed by atoms with Crippen molar-refractivity contribution >= 4 is 44.4 Å². The minimum absolute atomic E-state index is 0.0312. The molecule has 0 unspecified atom stereocenters. The van der Waals surface area contributed by atoms with E-state index in [1.165, 1.54) is 26.2 Å². The van der Waals surface area contributed by atoms with E-state index >= 15 is 0 Å². The highest BCUT2D eigenvalue weighted by Gasteiger charge is 2.67. The predicted molar refractivity (Wildman–Crippen MR) is 118 cm³/mol. The first-order chi connectivity index (χ1) is 16.1. The molecule has 1 aliphatic heterocycles. The van der Waals surface area contributed by atoms with Crippen LogP contribution in [0.2, 0.25) is 0 Å². The third kappa shape index (κ3) is 4.90. The number of nitrogens with one attached hydrogen (secondary N) is 1. The molecule has 2 amide bonds. The number of hydroxylamine groups is 2. The van der Waals surface area contributed by atoms with Crippen molar-refractivity contribution in [1.82, 2.24) is 20.1 Å². The number of amides is 2. The number of pyridine rings is 1. The predicted octanol–water partition coefficient (Wildman–Crippen LogP) is -1.02. The van der Waals surface area contributed by atoms with E-state index in [9.17, 15) is 33.1 Å². The number of carbonyl (C=O) groups excluding carboxylic acids is 2. The van der Waals surface area contributed by atoms with Gasteiger partial charge in [-0.2, -0.15) is 18.2 Å². The van der Waals surface area contributed by atoms with E-state index in [2.05, 4.69) is 19.7 Å². The Morgan fingerprint density at radius 3 is 2.54 bits per heavy atom. The number of aromatic nitrogens is 2. The molecule has 1 fully saturated rings. The van der Waals surface area contributed by atoms with E-state index in [0.717, 1.165) is 23.6 Å². The van der Waals surface area contributed by atoms with Crippen molar-refractivity contribution in [3.8, 4) is 5.75 Å². The Balaban J connectivity index is 1.86. The van der Waals surface area contributed by atoms with Crippen molar-refractivity contribution in [2.75, 3.05) is 5.73 Å². The number of nitrogen functional groups attached to an aromatic ring is 1. The van der Waals surface area contributed by atoms with Crippen LogP contribution in [0.15, 0.2) is 27.6 Å². The number of carbonyl (C=O) groups is 2. The second kappa shape index (κ2) is 8.80. The van der Waals surface area contributed by atoms with Gasteiger partial charge in [0, 0.05) is 11.4 Å². The number of β-lactam (4-membered cyclic amide) rings is 1. The quantitative estimate of drug-likeness (QED) is 0.0903. The second-order valence-electron chi connectivity index (χ2n) is 7.88. The fourth-order valence-corrected chi connectivity index (χ4v) is 4.00. The molecule has 0 bridgehead atoms. The number of thiazole rings is 1. The Labute approximate surface area is 201 Å². The molecule has 0 radical (unpaired) electrons. The summed E-state index contributed by atoms with van der Waals surface area (Å²) in [5.74, 6) is -2.66. The lowest BCUT2D eigenvalue weighted by atomic mass is 9.71. The molecule has 0 spiro atoms. The van der Waals surface area contributed by atoms with E-state index in [0.29, 0.717) is 9.79 Å². The van der Waals surface area contributed by atoms with Crippen LogP contribution in [0.5, 0.6) is 5.75 Å². The van der Waals surface area contributed by atoms with Crippen LogP contribution in [0.25, 0.3) is 0 Å². The molecule has 1 aliphatic rings. The molecular weight excluding hydrogens is 512 g/mol. The van der Waals surface area contributed by atoms with Crippen molar-refractivity contribution in [2.45, 2.75) is 38.5 Å². The molecule has 0 aliphatic carbocycles. The molecular formula is C17H20N6O10S2. The zero-order valence-corrected chi connectivity index (χ0v) is 20.0. The van der Waals surface area contributed by atoms with Crippen molar-refractivity contribution in [1.29, 1.82) is 0 Å². The Hall–Kier alpha value is -3.74. The summed E-state index contributed by atoms with van der Waals surface area (Å²) in [5.41, 5.74) is 1.09. The van der Waals surface area contributed by atoms with Crippen molar-refractivity contribution in [3.05, 3.63) is 39.3 Å². The molecule has 6 N–H and O–H groups in total. The van der Waals surface area contributed by atoms with E-state index in [1.54, 1.807) is 0 Å². The van der Waals surface area contributed by atoms with Gasteiger partial charge in [0.05, 0.1) is 11.7 Å². The standard InChI is InChI=1S/C17H20N6O10S2/c1-16(2)17(3,14(27)23(16)33-35(29,30)31)20-13(26)12(9-7-34-15(18)19-9)21-32-6-8-4-10(24)11(25)5-22(8)28/h4-5,7,25,28H,6H2,1-3H3,(H2,18,19)(H,20,26)(H,29,30,31)/b21-12-/t17-/m1/s1. The van der Waals surface area contributed by atoms with Gasteiger partial charge in [-0.15, -0.1) is 15.6 Å². The van der Waals surface area contributed by atoms with Crippen molar-refractivity contribution in [3.63, 3.8) is 0 Å². The average Bonchev–Trinajstić information content (AvgIpc) is 3.17. The number of anilines is 1. The highest BCUT2D eigenvalue weighted by molar-refractivity contribution is 7.80. The molecule has 2 aromatic heterocycles. The summed E-state index contributed by atoms with van der Waals surface area (Å²) in [5, 5.41) is 27.1. The number of rotatable bonds is 8. The Morgan fingerprint density at radius 1 is 1.34 bits per heavy atom. The van der Waals surface area contributed by atoms with Gasteiger partial charge in [-0.05, 0) is 20.8 Å². The van der Waals surface area contributed by atoms with Crippen molar-refractivity contribution < 1.29 is 42.0 Å². The third-order valence-electron chi connectivity index (χ3n) is 5.31. The minimum atomic E-state index is -5.01. The number of hydrogen-bond donors (Lipinski definition) is 5. The molecule has 0 saturated carbocycles.